The molecular formula is C18H22ClF4N4O2S+. The van der Waals surface area contributed by atoms with E-state index in [0.717, 1.165) is 10.4 Å². The van der Waals surface area contributed by atoms with E-state index in [0.29, 0.717) is 10.2 Å². The van der Waals surface area contributed by atoms with E-state index in [1.165, 1.54) is 39.2 Å². The summed E-state index contributed by atoms with van der Waals surface area (Å²) in [6.07, 6.45) is -3.89. The van der Waals surface area contributed by atoms with Crippen LogP contribution in [0.1, 0.15) is 22.5 Å². The van der Waals surface area contributed by atoms with Gasteiger partial charge in [0.15, 0.2) is 0 Å². The second kappa shape index (κ2) is 9.04. The van der Waals surface area contributed by atoms with E-state index in [1.807, 2.05) is 0 Å². The summed E-state index contributed by atoms with van der Waals surface area (Å²) >= 11 is 6.09. The summed E-state index contributed by atoms with van der Waals surface area (Å²) in [6, 6.07) is 3.94. The zero-order valence-corrected chi connectivity index (χ0v) is 18.2. The highest BCUT2D eigenvalue weighted by Gasteiger charge is 2.39. The Kier molecular flexibility index (Phi) is 7.33. The second-order valence-electron chi connectivity index (χ2n) is 6.74. The van der Waals surface area contributed by atoms with Crippen LogP contribution in [0.3, 0.4) is 0 Å². The average Bonchev–Trinajstić information content (AvgIpc) is 2.89. The van der Waals surface area contributed by atoms with E-state index < -0.39 is 34.3 Å². The molecule has 0 aliphatic heterocycles. The van der Waals surface area contributed by atoms with E-state index in [4.69, 9.17) is 11.6 Å². The lowest BCUT2D eigenvalue weighted by molar-refractivity contribution is -0.353. The normalized spacial score (nSPS) is 13.3. The molecule has 3 N–H and O–H groups in total. The summed E-state index contributed by atoms with van der Waals surface area (Å²) in [5.74, 6) is -0.772. The van der Waals surface area contributed by atoms with Crippen LogP contribution >= 0.6 is 11.6 Å². The van der Waals surface area contributed by atoms with Crippen molar-refractivity contribution in [2.45, 2.75) is 31.0 Å². The predicted octanol–water partition coefficient (Wildman–Crippen LogP) is 2.80. The molecule has 30 heavy (non-hydrogen) atoms. The monoisotopic (exact) mass is 469 g/mol. The van der Waals surface area contributed by atoms with Crippen LogP contribution in [-0.2, 0) is 29.2 Å². The van der Waals surface area contributed by atoms with Gasteiger partial charge in [-0.3, -0.25) is 4.68 Å². The van der Waals surface area contributed by atoms with Crippen molar-refractivity contribution < 1.29 is 31.7 Å². The van der Waals surface area contributed by atoms with Gasteiger partial charge in [0.1, 0.15) is 16.4 Å². The third-order valence-corrected chi connectivity index (χ3v) is 6.62. The van der Waals surface area contributed by atoms with Gasteiger partial charge in [-0.1, -0.05) is 17.7 Å². The molecule has 1 aromatic heterocycles. The maximum Gasteiger partial charge on any atom is 0.433 e. The van der Waals surface area contributed by atoms with Crippen LogP contribution in [0, 0.1) is 6.92 Å². The van der Waals surface area contributed by atoms with Crippen molar-refractivity contribution in [1.29, 1.82) is 0 Å². The first-order chi connectivity index (χ1) is 13.8. The molecule has 0 saturated heterocycles. The Morgan fingerprint density at radius 2 is 1.97 bits per heavy atom. The summed E-state index contributed by atoms with van der Waals surface area (Å²) in [4.78, 5) is -0.151. The van der Waals surface area contributed by atoms with Crippen LogP contribution in [0.5, 0.6) is 0 Å². The standard InChI is InChI=1S/C18H21ClF4N4O2S/c1-11-14(17(18(21,22)23)27(25-11)10-13(20)6-7-24)8-12-4-5-16(15(19)9-12)30(28,29)26(2)3/h4-6,9H,7-8,10,24H2,1-3H3/p+1/b13-6-. The molecule has 0 spiro atoms. The average molecular weight is 470 g/mol. The third-order valence-electron chi connectivity index (χ3n) is 4.32. The van der Waals surface area contributed by atoms with Crippen molar-refractivity contribution in [2.24, 2.45) is 0 Å². The fourth-order valence-electron chi connectivity index (χ4n) is 2.89. The summed E-state index contributed by atoms with van der Waals surface area (Å²) < 4.78 is 81.1. The Morgan fingerprint density at radius 3 is 2.47 bits per heavy atom. The number of hydrogen-bond acceptors (Lipinski definition) is 3. The Hall–Kier alpha value is -1.95. The SMILES string of the molecule is Cc1nn(C/C(F)=C/C[NH3+])c(C(F)(F)F)c1Cc1ccc(S(=O)(=O)N(C)C)c(Cl)c1. The lowest BCUT2D eigenvalue weighted by Crippen LogP contribution is -2.49. The van der Waals surface area contributed by atoms with Gasteiger partial charge in [-0.25, -0.2) is 17.1 Å². The molecule has 0 radical (unpaired) electrons. The second-order valence-corrected chi connectivity index (χ2v) is 9.26. The molecule has 2 aromatic rings. The number of nitrogens with zero attached hydrogens (tertiary/aromatic N) is 3. The third kappa shape index (κ3) is 5.20. The van der Waals surface area contributed by atoms with Crippen molar-refractivity contribution in [3.8, 4) is 0 Å². The van der Waals surface area contributed by atoms with Gasteiger partial charge >= 0.3 is 6.18 Å². The first-order valence-corrected chi connectivity index (χ1v) is 10.6. The first-order valence-electron chi connectivity index (χ1n) is 8.77. The summed E-state index contributed by atoms with van der Waals surface area (Å²) in [6.45, 7) is 0.837. The number of aryl methyl sites for hydroxylation is 1. The van der Waals surface area contributed by atoms with Gasteiger partial charge in [-0.15, -0.1) is 0 Å². The van der Waals surface area contributed by atoms with Crippen molar-refractivity contribution in [3.63, 3.8) is 0 Å². The summed E-state index contributed by atoms with van der Waals surface area (Å²) in [5.41, 5.74) is 2.69. The quantitative estimate of drug-likeness (QED) is 0.633. The Morgan fingerprint density at radius 1 is 1.33 bits per heavy atom. The highest BCUT2D eigenvalue weighted by molar-refractivity contribution is 7.89. The largest absolute Gasteiger partial charge is 0.433 e. The number of halogens is 5. The van der Waals surface area contributed by atoms with E-state index in [2.05, 4.69) is 10.8 Å². The number of allylic oxidation sites excluding steroid dienone is 1. The van der Waals surface area contributed by atoms with E-state index >= 15 is 0 Å². The number of aromatic nitrogens is 2. The molecular weight excluding hydrogens is 448 g/mol. The van der Waals surface area contributed by atoms with Gasteiger partial charge in [-0.2, -0.15) is 18.3 Å². The van der Waals surface area contributed by atoms with E-state index in [1.54, 1.807) is 0 Å². The minimum Gasteiger partial charge on any atom is -0.354 e. The fourth-order valence-corrected chi connectivity index (χ4v) is 4.32. The molecule has 0 unspecified atom stereocenters. The lowest BCUT2D eigenvalue weighted by Gasteiger charge is -2.14. The van der Waals surface area contributed by atoms with Gasteiger partial charge in [0.25, 0.3) is 0 Å². The predicted molar refractivity (Wildman–Crippen MR) is 104 cm³/mol. The molecule has 1 aromatic carbocycles. The maximum atomic E-state index is 13.8. The molecule has 1 heterocycles. The zero-order chi connectivity index (χ0) is 22.9. The Balaban J connectivity index is 2.50. The van der Waals surface area contributed by atoms with E-state index in [-0.39, 0.29) is 34.1 Å². The van der Waals surface area contributed by atoms with Crippen LogP contribution in [-0.4, -0.2) is 43.1 Å². The smallest absolute Gasteiger partial charge is 0.354 e. The van der Waals surface area contributed by atoms with Crippen LogP contribution in [0.25, 0.3) is 0 Å². The zero-order valence-electron chi connectivity index (χ0n) is 16.6. The van der Waals surface area contributed by atoms with Crippen LogP contribution in [0.4, 0.5) is 17.6 Å². The van der Waals surface area contributed by atoms with Crippen LogP contribution in [0.2, 0.25) is 5.02 Å². The number of alkyl halides is 3. The first kappa shape index (κ1) is 24.3. The Labute approximate surface area is 177 Å². The molecule has 0 aliphatic carbocycles. The molecule has 2 rings (SSSR count). The molecule has 0 atom stereocenters. The van der Waals surface area contributed by atoms with E-state index in [9.17, 15) is 26.0 Å². The topological polar surface area (TPSA) is 82.8 Å². The highest BCUT2D eigenvalue weighted by Crippen LogP contribution is 2.36. The summed E-state index contributed by atoms with van der Waals surface area (Å²) in [5, 5.41) is 3.75. The van der Waals surface area contributed by atoms with Crippen LogP contribution in [0.15, 0.2) is 35.0 Å². The molecule has 12 heteroatoms. The Bertz CT molecular complexity index is 1060. The van der Waals surface area contributed by atoms with Gasteiger partial charge in [-0.05, 0) is 24.6 Å². The highest BCUT2D eigenvalue weighted by atomic mass is 35.5. The molecule has 0 aliphatic rings. The van der Waals surface area contributed by atoms with Crippen molar-refractivity contribution in [2.75, 3.05) is 20.6 Å². The summed E-state index contributed by atoms with van der Waals surface area (Å²) in [7, 11) is -1.11. The minimum absolute atomic E-state index is 0.0888. The maximum absolute atomic E-state index is 13.8. The van der Waals surface area contributed by atoms with Gasteiger partial charge in [0.2, 0.25) is 10.0 Å². The van der Waals surface area contributed by atoms with Gasteiger partial charge < -0.3 is 5.73 Å². The van der Waals surface area contributed by atoms with Gasteiger partial charge in [0, 0.05) is 32.2 Å². The van der Waals surface area contributed by atoms with Gasteiger partial charge in [0.05, 0.1) is 23.8 Å². The van der Waals surface area contributed by atoms with Crippen molar-refractivity contribution >= 4 is 21.6 Å². The number of hydrogen-bond donors (Lipinski definition) is 1. The fraction of sp³-hybridized carbons (Fsp3) is 0.389. The van der Waals surface area contributed by atoms with Crippen LogP contribution < -0.4 is 5.73 Å². The number of rotatable bonds is 7. The van der Waals surface area contributed by atoms with Crippen molar-refractivity contribution in [1.82, 2.24) is 14.1 Å². The molecule has 0 saturated carbocycles. The molecule has 0 fully saturated rings. The molecule has 0 bridgehead atoms. The molecule has 166 valence electrons. The molecule has 6 nitrogen and oxygen atoms in total. The van der Waals surface area contributed by atoms with Crippen molar-refractivity contribution in [3.05, 3.63) is 57.6 Å². The lowest BCUT2D eigenvalue weighted by atomic mass is 10.0. The number of benzene rings is 1. The number of sulfonamides is 1. The minimum atomic E-state index is -4.76. The molecule has 0 amide bonds. The number of quaternary nitrogens is 1.